The van der Waals surface area contributed by atoms with Crippen molar-refractivity contribution < 1.29 is 4.79 Å². The van der Waals surface area contributed by atoms with E-state index in [1.54, 1.807) is 24.7 Å². The van der Waals surface area contributed by atoms with E-state index in [9.17, 15) is 4.79 Å². The van der Waals surface area contributed by atoms with E-state index in [-0.39, 0.29) is 0 Å². The summed E-state index contributed by atoms with van der Waals surface area (Å²) in [6.45, 7) is 0. The number of hydrogen-bond donors (Lipinski definition) is 0. The zero-order valence-electron chi connectivity index (χ0n) is 7.83. The molecule has 4 heteroatoms. The van der Waals surface area contributed by atoms with E-state index in [0.29, 0.717) is 5.56 Å². The molecule has 0 aliphatic carbocycles. The van der Waals surface area contributed by atoms with Crippen molar-refractivity contribution in [1.82, 2.24) is 9.97 Å². The molecule has 0 N–H and O–H groups in total. The summed E-state index contributed by atoms with van der Waals surface area (Å²) in [4.78, 5) is 19.8. The van der Waals surface area contributed by atoms with Gasteiger partial charge in [0.25, 0.3) is 0 Å². The molecular formula is C11H8N2OS. The largest absolute Gasteiger partial charge is 0.298 e. The van der Waals surface area contributed by atoms with Crippen LogP contribution in [-0.2, 0) is 0 Å². The lowest BCUT2D eigenvalue weighted by Gasteiger charge is -2.02. The molecule has 74 valence electrons. The van der Waals surface area contributed by atoms with Crippen molar-refractivity contribution in [2.75, 3.05) is 0 Å². The predicted molar refractivity (Wildman–Crippen MR) is 58.0 cm³/mol. The number of hydrogen-bond acceptors (Lipinski definition) is 4. The Hall–Kier alpha value is -1.68. The summed E-state index contributed by atoms with van der Waals surface area (Å²) in [5.74, 6) is 0. The van der Waals surface area contributed by atoms with Gasteiger partial charge in [0.1, 0.15) is 5.03 Å². The molecule has 0 atom stereocenters. The quantitative estimate of drug-likeness (QED) is 0.739. The van der Waals surface area contributed by atoms with Gasteiger partial charge in [0, 0.05) is 22.9 Å². The number of carbonyl (C=O) groups excluding carboxylic acids is 1. The van der Waals surface area contributed by atoms with Gasteiger partial charge in [-0.3, -0.25) is 9.78 Å². The molecule has 0 saturated heterocycles. The Bertz CT molecular complexity index is 459. The van der Waals surface area contributed by atoms with Crippen molar-refractivity contribution >= 4 is 18.0 Å². The zero-order chi connectivity index (χ0) is 10.5. The first-order chi connectivity index (χ1) is 7.40. The van der Waals surface area contributed by atoms with Gasteiger partial charge in [0.05, 0.1) is 6.20 Å². The molecule has 0 amide bonds. The minimum atomic E-state index is 0.674. The fourth-order valence-corrected chi connectivity index (χ4v) is 1.95. The van der Waals surface area contributed by atoms with Crippen molar-refractivity contribution in [3.05, 3.63) is 48.4 Å². The van der Waals surface area contributed by atoms with E-state index in [4.69, 9.17) is 0 Å². The average Bonchev–Trinajstić information content (AvgIpc) is 2.31. The molecule has 0 saturated carbocycles. The summed E-state index contributed by atoms with van der Waals surface area (Å²) in [6.07, 6.45) is 5.77. The maximum atomic E-state index is 10.8. The van der Waals surface area contributed by atoms with Crippen molar-refractivity contribution in [2.45, 2.75) is 9.92 Å². The van der Waals surface area contributed by atoms with Gasteiger partial charge in [0.15, 0.2) is 6.29 Å². The summed E-state index contributed by atoms with van der Waals surface area (Å²) in [5.41, 5.74) is 0.674. The Morgan fingerprint density at radius 3 is 2.80 bits per heavy atom. The maximum Gasteiger partial charge on any atom is 0.151 e. The van der Waals surface area contributed by atoms with Crippen LogP contribution in [0.25, 0.3) is 0 Å². The molecular weight excluding hydrogens is 208 g/mol. The van der Waals surface area contributed by atoms with Gasteiger partial charge in [-0.15, -0.1) is 0 Å². The molecule has 0 radical (unpaired) electrons. The Kier molecular flexibility index (Phi) is 3.09. The molecule has 0 unspecified atom stereocenters. The van der Waals surface area contributed by atoms with Crippen LogP contribution in [0.4, 0.5) is 0 Å². The second-order valence-electron chi connectivity index (χ2n) is 2.80. The number of carbonyl (C=O) groups is 1. The standard InChI is InChI=1S/C11H8N2OS/c14-8-9-3-1-2-4-10(9)15-11-7-12-5-6-13-11/h1-8H. The van der Waals surface area contributed by atoms with Crippen LogP contribution in [0.1, 0.15) is 10.4 Å². The molecule has 0 aliphatic rings. The third kappa shape index (κ3) is 2.41. The lowest BCUT2D eigenvalue weighted by Crippen LogP contribution is -1.86. The van der Waals surface area contributed by atoms with Crippen molar-refractivity contribution in [2.24, 2.45) is 0 Å². The van der Waals surface area contributed by atoms with Gasteiger partial charge in [-0.25, -0.2) is 4.98 Å². The monoisotopic (exact) mass is 216 g/mol. The minimum absolute atomic E-state index is 0.674. The first-order valence-corrected chi connectivity index (χ1v) is 5.20. The maximum absolute atomic E-state index is 10.8. The molecule has 1 heterocycles. The number of rotatable bonds is 3. The fraction of sp³-hybridized carbons (Fsp3) is 0. The Morgan fingerprint density at radius 1 is 1.20 bits per heavy atom. The molecule has 15 heavy (non-hydrogen) atoms. The van der Waals surface area contributed by atoms with Gasteiger partial charge in [-0.05, 0) is 6.07 Å². The highest BCUT2D eigenvalue weighted by Gasteiger charge is 2.03. The molecule has 0 aliphatic heterocycles. The molecule has 2 aromatic rings. The van der Waals surface area contributed by atoms with Crippen molar-refractivity contribution in [3.63, 3.8) is 0 Å². The second-order valence-corrected chi connectivity index (χ2v) is 3.86. The molecule has 1 aromatic carbocycles. The Labute approximate surface area is 91.6 Å². The van der Waals surface area contributed by atoms with Crippen LogP contribution in [0.15, 0.2) is 52.8 Å². The van der Waals surface area contributed by atoms with Crippen LogP contribution < -0.4 is 0 Å². The summed E-state index contributed by atoms with van der Waals surface area (Å²) < 4.78 is 0. The van der Waals surface area contributed by atoms with E-state index in [1.165, 1.54) is 11.8 Å². The Balaban J connectivity index is 2.28. The van der Waals surface area contributed by atoms with Gasteiger partial charge >= 0.3 is 0 Å². The first kappa shape index (κ1) is 9.86. The average molecular weight is 216 g/mol. The highest BCUT2D eigenvalue weighted by Crippen LogP contribution is 2.27. The van der Waals surface area contributed by atoms with E-state index >= 15 is 0 Å². The number of nitrogens with zero attached hydrogens (tertiary/aromatic N) is 2. The third-order valence-electron chi connectivity index (χ3n) is 1.80. The lowest BCUT2D eigenvalue weighted by molar-refractivity contribution is 0.112. The molecule has 0 bridgehead atoms. The smallest absolute Gasteiger partial charge is 0.151 e. The number of aromatic nitrogens is 2. The van der Waals surface area contributed by atoms with Crippen LogP contribution in [0, 0.1) is 0 Å². The van der Waals surface area contributed by atoms with Gasteiger partial charge in [-0.1, -0.05) is 30.0 Å². The zero-order valence-corrected chi connectivity index (χ0v) is 8.65. The van der Waals surface area contributed by atoms with E-state index in [2.05, 4.69) is 9.97 Å². The molecule has 0 spiro atoms. The summed E-state index contributed by atoms with van der Waals surface area (Å²) in [5, 5.41) is 0.784. The van der Waals surface area contributed by atoms with Crippen molar-refractivity contribution in [3.8, 4) is 0 Å². The van der Waals surface area contributed by atoms with Gasteiger partial charge in [-0.2, -0.15) is 0 Å². The predicted octanol–water partition coefficient (Wildman–Crippen LogP) is 2.44. The molecule has 0 fully saturated rings. The highest BCUT2D eigenvalue weighted by molar-refractivity contribution is 7.99. The molecule has 3 nitrogen and oxygen atoms in total. The van der Waals surface area contributed by atoms with Crippen LogP contribution in [0.5, 0.6) is 0 Å². The van der Waals surface area contributed by atoms with Crippen LogP contribution in [-0.4, -0.2) is 16.3 Å². The summed E-state index contributed by atoms with van der Waals surface area (Å²) >= 11 is 1.43. The van der Waals surface area contributed by atoms with Crippen molar-refractivity contribution in [1.29, 1.82) is 0 Å². The topological polar surface area (TPSA) is 42.9 Å². The third-order valence-corrected chi connectivity index (χ3v) is 2.81. The molecule has 2 rings (SSSR count). The van der Waals surface area contributed by atoms with Crippen LogP contribution in [0.2, 0.25) is 0 Å². The number of benzene rings is 1. The summed E-state index contributed by atoms with van der Waals surface area (Å²) in [7, 11) is 0. The Morgan fingerprint density at radius 2 is 2.07 bits per heavy atom. The van der Waals surface area contributed by atoms with Gasteiger partial charge in [0.2, 0.25) is 0 Å². The first-order valence-electron chi connectivity index (χ1n) is 4.38. The molecule has 1 aromatic heterocycles. The lowest BCUT2D eigenvalue weighted by atomic mass is 10.2. The van der Waals surface area contributed by atoms with E-state index < -0.39 is 0 Å². The summed E-state index contributed by atoms with van der Waals surface area (Å²) in [6, 6.07) is 7.41. The van der Waals surface area contributed by atoms with E-state index in [1.807, 2.05) is 18.2 Å². The van der Waals surface area contributed by atoms with Gasteiger partial charge < -0.3 is 0 Å². The highest BCUT2D eigenvalue weighted by atomic mass is 32.2. The fourth-order valence-electron chi connectivity index (χ4n) is 1.12. The normalized spacial score (nSPS) is 9.87. The van der Waals surface area contributed by atoms with Crippen LogP contribution in [0.3, 0.4) is 0 Å². The second kappa shape index (κ2) is 4.70. The van der Waals surface area contributed by atoms with Crippen LogP contribution >= 0.6 is 11.8 Å². The SMILES string of the molecule is O=Cc1ccccc1Sc1cnccn1. The number of aldehydes is 1. The minimum Gasteiger partial charge on any atom is -0.298 e. The van der Waals surface area contributed by atoms with E-state index in [0.717, 1.165) is 16.2 Å².